The minimum absolute atomic E-state index is 0.0419. The van der Waals surface area contributed by atoms with Crippen molar-refractivity contribution in [1.29, 1.82) is 0 Å². The van der Waals surface area contributed by atoms with Crippen molar-refractivity contribution in [2.24, 2.45) is 15.7 Å². The average molecular weight is 977 g/mol. The maximum atomic E-state index is 14.1. The standard InChI is InChI=1S/C54H52N6O8S2/c1-6-54(3,70-69-32(2)15-16-50(55)61)18-17-51(62)58-37-20-33(30-67-48-26-42-40(24-46(48)65-4)52(63)59-38(28-56-42)22-35-11-7-9-13-44(35)59)19-34(21-37)31-68-49-27-43-41(25-47(49)66-5)53(64)60-39(29-57-43)23-36-12-8-10-14-45(36)60/h6-14,19-21,24-28,32,38H,1,15-18,22-23,30-31H2,2-5H3,(H2,55,61)(H,58,62)/t32?,38-,54+/m0/s1. The number of benzene rings is 5. The third-order valence-electron chi connectivity index (χ3n) is 12.6. The summed E-state index contributed by atoms with van der Waals surface area (Å²) >= 11 is 0. The number of fused-ring (bicyclic) bond motifs is 8. The SMILES string of the molecule is C=C[C@](C)(CCC(=O)Nc1cc(COc2cc3c(cc2OC)C(=O)N2C(=C=N3)Cc3ccccc32)cc(COc2cc3c(cc2OC)C(=O)N2c4ccccc4C[C@H]2C=N3)c1)SSC(C)CCC(N)=O. The second kappa shape index (κ2) is 20.4. The number of carbonyl (C=O) groups is 4. The quantitative estimate of drug-likeness (QED) is 0.0599. The Morgan fingerprint density at radius 3 is 2.19 bits per heavy atom. The van der Waals surface area contributed by atoms with E-state index in [1.165, 1.54) is 14.2 Å². The summed E-state index contributed by atoms with van der Waals surface area (Å²) in [5.74, 6) is 3.61. The van der Waals surface area contributed by atoms with Gasteiger partial charge in [0.1, 0.15) is 13.2 Å². The Morgan fingerprint density at radius 1 is 0.871 bits per heavy atom. The van der Waals surface area contributed by atoms with Crippen molar-refractivity contribution in [2.45, 2.75) is 81.6 Å². The molecule has 70 heavy (non-hydrogen) atoms. The molecule has 358 valence electrons. The lowest BCUT2D eigenvalue weighted by atomic mass is 10.0. The summed E-state index contributed by atoms with van der Waals surface area (Å²) in [6.45, 7) is 8.23. The highest BCUT2D eigenvalue weighted by atomic mass is 33.1. The number of anilines is 3. The summed E-state index contributed by atoms with van der Waals surface area (Å²) in [7, 11) is 6.31. The van der Waals surface area contributed by atoms with Crippen molar-refractivity contribution in [3.05, 3.63) is 143 Å². The van der Waals surface area contributed by atoms with Crippen molar-refractivity contribution in [2.75, 3.05) is 29.3 Å². The molecule has 3 atom stereocenters. The number of amides is 4. The van der Waals surface area contributed by atoms with E-state index in [0.29, 0.717) is 100 Å². The van der Waals surface area contributed by atoms with Gasteiger partial charge in [0.05, 0.1) is 54.1 Å². The fourth-order valence-corrected chi connectivity index (χ4v) is 11.5. The van der Waals surface area contributed by atoms with Crippen LogP contribution in [0.3, 0.4) is 0 Å². The molecule has 0 radical (unpaired) electrons. The number of nitrogens with zero attached hydrogens (tertiary/aromatic N) is 4. The first-order valence-corrected chi connectivity index (χ1v) is 25.1. The van der Waals surface area contributed by atoms with Crippen LogP contribution in [0.5, 0.6) is 23.0 Å². The fraction of sp³-hybridized carbons (Fsp3) is 0.278. The Hall–Kier alpha value is -7.26. The van der Waals surface area contributed by atoms with Gasteiger partial charge in [0.25, 0.3) is 11.8 Å². The van der Waals surface area contributed by atoms with Crippen molar-refractivity contribution in [3.63, 3.8) is 0 Å². The van der Waals surface area contributed by atoms with Crippen LogP contribution in [0.2, 0.25) is 0 Å². The van der Waals surface area contributed by atoms with Gasteiger partial charge in [0.15, 0.2) is 23.0 Å². The highest BCUT2D eigenvalue weighted by Crippen LogP contribution is 2.45. The van der Waals surface area contributed by atoms with Crippen LogP contribution in [-0.4, -0.2) is 66.0 Å². The van der Waals surface area contributed by atoms with Gasteiger partial charge >= 0.3 is 0 Å². The Balaban J connectivity index is 0.958. The number of ether oxygens (including phenoxy) is 4. The molecule has 16 heteroatoms. The number of hydrogen-bond donors (Lipinski definition) is 2. The molecule has 0 saturated heterocycles. The molecule has 4 heterocycles. The van der Waals surface area contributed by atoms with E-state index in [1.807, 2.05) is 92.9 Å². The third-order valence-corrected chi connectivity index (χ3v) is 16.4. The van der Waals surface area contributed by atoms with E-state index in [9.17, 15) is 19.2 Å². The van der Waals surface area contributed by atoms with E-state index >= 15 is 0 Å². The summed E-state index contributed by atoms with van der Waals surface area (Å²) in [5.41, 5.74) is 13.3. The van der Waals surface area contributed by atoms with Crippen molar-refractivity contribution >= 4 is 85.7 Å². The number of methoxy groups -OCH3 is 2. The second-order valence-corrected chi connectivity index (χ2v) is 20.9. The van der Waals surface area contributed by atoms with Gasteiger partial charge in [-0.2, -0.15) is 0 Å². The average Bonchev–Trinajstić information content (AvgIpc) is 3.86. The first-order chi connectivity index (χ1) is 33.8. The number of carbonyl (C=O) groups excluding carboxylic acids is 4. The summed E-state index contributed by atoms with van der Waals surface area (Å²) < 4.78 is 24.0. The molecule has 0 saturated carbocycles. The molecule has 0 spiro atoms. The van der Waals surface area contributed by atoms with Gasteiger partial charge in [0, 0.05) is 71.3 Å². The van der Waals surface area contributed by atoms with Crippen LogP contribution in [0.1, 0.15) is 82.5 Å². The predicted molar refractivity (Wildman–Crippen MR) is 277 cm³/mol. The van der Waals surface area contributed by atoms with Crippen molar-refractivity contribution in [1.82, 2.24) is 0 Å². The first kappa shape index (κ1) is 47.8. The highest BCUT2D eigenvalue weighted by molar-refractivity contribution is 8.77. The molecule has 0 fully saturated rings. The minimum Gasteiger partial charge on any atom is -0.493 e. The number of allylic oxidation sites excluding steroid dienone is 1. The summed E-state index contributed by atoms with van der Waals surface area (Å²) in [6.07, 6.45) is 6.56. The highest BCUT2D eigenvalue weighted by Gasteiger charge is 2.37. The zero-order valence-corrected chi connectivity index (χ0v) is 40.9. The zero-order chi connectivity index (χ0) is 49.1. The fourth-order valence-electron chi connectivity index (χ4n) is 8.80. The van der Waals surface area contributed by atoms with Gasteiger partial charge in [-0.05, 0) is 84.5 Å². The third kappa shape index (κ3) is 10.1. The minimum atomic E-state index is -0.418. The van der Waals surface area contributed by atoms with Gasteiger partial charge in [-0.3, -0.25) is 34.0 Å². The molecule has 3 N–H and O–H groups in total. The largest absolute Gasteiger partial charge is 0.493 e. The Kier molecular flexibility index (Phi) is 13.9. The molecule has 0 aromatic heterocycles. The molecule has 0 aliphatic carbocycles. The molecule has 4 amide bonds. The lowest BCUT2D eigenvalue weighted by molar-refractivity contribution is -0.118. The first-order valence-electron chi connectivity index (χ1n) is 22.9. The summed E-state index contributed by atoms with van der Waals surface area (Å²) in [5, 5.41) is 3.27. The monoisotopic (exact) mass is 976 g/mol. The predicted octanol–water partition coefficient (Wildman–Crippen LogP) is 10.2. The van der Waals surface area contributed by atoms with E-state index in [-0.39, 0.29) is 54.6 Å². The number of primary amides is 1. The van der Waals surface area contributed by atoms with Crippen LogP contribution in [0.4, 0.5) is 28.4 Å². The van der Waals surface area contributed by atoms with Crippen LogP contribution < -0.4 is 39.8 Å². The van der Waals surface area contributed by atoms with Crippen molar-refractivity contribution < 1.29 is 38.1 Å². The van der Waals surface area contributed by atoms with Gasteiger partial charge in [-0.15, -0.1) is 6.58 Å². The van der Waals surface area contributed by atoms with E-state index in [4.69, 9.17) is 29.7 Å². The van der Waals surface area contributed by atoms with Crippen molar-refractivity contribution in [3.8, 4) is 23.0 Å². The zero-order valence-electron chi connectivity index (χ0n) is 39.3. The molecular formula is C54H52N6O8S2. The van der Waals surface area contributed by atoms with Crippen LogP contribution in [0, 0.1) is 0 Å². The number of rotatable bonds is 19. The van der Waals surface area contributed by atoms with Crippen LogP contribution in [0.25, 0.3) is 0 Å². The number of para-hydroxylation sites is 2. The molecule has 1 unspecified atom stereocenters. The molecule has 4 aliphatic heterocycles. The molecule has 5 aromatic carbocycles. The number of hydrogen-bond acceptors (Lipinski definition) is 12. The molecule has 0 bridgehead atoms. The molecule has 4 aliphatic rings. The van der Waals surface area contributed by atoms with E-state index in [0.717, 1.165) is 22.5 Å². The van der Waals surface area contributed by atoms with Gasteiger partial charge in [-0.1, -0.05) is 71.0 Å². The normalized spacial score (nSPS) is 16.2. The summed E-state index contributed by atoms with van der Waals surface area (Å²) in [6, 6.07) is 27.7. The second-order valence-electron chi connectivity index (χ2n) is 17.7. The van der Waals surface area contributed by atoms with Crippen LogP contribution in [-0.2, 0) is 35.6 Å². The molecule has 9 rings (SSSR count). The van der Waals surface area contributed by atoms with Gasteiger partial charge < -0.3 is 30.0 Å². The molecule has 14 nitrogen and oxygen atoms in total. The topological polar surface area (TPSA) is 174 Å². The Bertz CT molecular complexity index is 3040. The maximum absolute atomic E-state index is 14.1. The molecule has 5 aromatic rings. The number of aliphatic imine (C=N–C) groups is 2. The Labute approximate surface area is 414 Å². The number of nitrogens with one attached hydrogen (secondary N) is 1. The smallest absolute Gasteiger partial charge is 0.265 e. The Morgan fingerprint density at radius 2 is 1.51 bits per heavy atom. The lowest BCUT2D eigenvalue weighted by Gasteiger charge is -2.25. The lowest BCUT2D eigenvalue weighted by Crippen LogP contribution is -2.37. The van der Waals surface area contributed by atoms with E-state index < -0.39 is 4.75 Å². The van der Waals surface area contributed by atoms with E-state index in [1.54, 1.807) is 55.7 Å². The van der Waals surface area contributed by atoms with Crippen LogP contribution >= 0.6 is 21.6 Å². The van der Waals surface area contributed by atoms with E-state index in [2.05, 4.69) is 22.8 Å². The van der Waals surface area contributed by atoms with Gasteiger partial charge in [-0.25, -0.2) is 4.99 Å². The summed E-state index contributed by atoms with van der Waals surface area (Å²) in [4.78, 5) is 65.9. The van der Waals surface area contributed by atoms with Gasteiger partial charge in [0.2, 0.25) is 11.8 Å². The maximum Gasteiger partial charge on any atom is 0.265 e. The number of nitrogens with two attached hydrogens (primary N) is 1. The van der Waals surface area contributed by atoms with Crippen LogP contribution in [0.15, 0.2) is 119 Å². The molecular weight excluding hydrogens is 925 g/mol.